The van der Waals surface area contributed by atoms with Crippen molar-refractivity contribution in [3.63, 3.8) is 0 Å². The summed E-state index contributed by atoms with van der Waals surface area (Å²) in [5, 5.41) is 3.60. The monoisotopic (exact) mass is 763 g/mol. The fraction of sp³-hybridized carbons (Fsp3) is 0.107. The van der Waals surface area contributed by atoms with Crippen LogP contribution >= 0.6 is 0 Å². The smallest absolute Gasteiger partial charge is 0.170 e. The lowest BCUT2D eigenvalue weighted by molar-refractivity contribution is 0.358. The van der Waals surface area contributed by atoms with Crippen LogP contribution in [0.1, 0.15) is 70.9 Å². The zero-order valence-electron chi connectivity index (χ0n) is 33.1. The van der Waals surface area contributed by atoms with Gasteiger partial charge >= 0.3 is 0 Å². The van der Waals surface area contributed by atoms with Crippen LogP contribution < -0.4 is 14.8 Å². The Hall–Kier alpha value is -7.10. The molecule has 0 aromatic heterocycles. The minimum Gasteiger partial charge on any atom is -0.450 e. The molecule has 6 aromatic carbocycles. The number of benzene rings is 6. The summed E-state index contributed by atoms with van der Waals surface area (Å²) in [4.78, 5) is 0. The van der Waals surface area contributed by atoms with Crippen molar-refractivity contribution in [2.45, 2.75) is 37.5 Å². The number of allylic oxidation sites excluding steroid dienone is 9. The summed E-state index contributed by atoms with van der Waals surface area (Å²) in [6, 6.07) is 45.3. The van der Waals surface area contributed by atoms with Crippen LogP contribution in [0, 0.1) is 0 Å². The van der Waals surface area contributed by atoms with Crippen LogP contribution in [0.15, 0.2) is 195 Å². The van der Waals surface area contributed by atoms with Crippen molar-refractivity contribution < 1.29 is 9.47 Å². The Balaban J connectivity index is 1.00. The molecule has 59 heavy (non-hydrogen) atoms. The molecule has 0 saturated carbocycles. The minimum absolute atomic E-state index is 0.186. The highest BCUT2D eigenvalue weighted by atomic mass is 16.6. The molecule has 6 aromatic rings. The summed E-state index contributed by atoms with van der Waals surface area (Å²) < 4.78 is 13.5. The fourth-order valence-electron chi connectivity index (χ4n) is 9.54. The Kier molecular flexibility index (Phi) is 9.22. The third kappa shape index (κ3) is 6.40. The van der Waals surface area contributed by atoms with Gasteiger partial charge in [0.25, 0.3) is 0 Å². The first-order valence-electron chi connectivity index (χ1n) is 20.5. The Morgan fingerprint density at radius 3 is 2.12 bits per heavy atom. The quantitative estimate of drug-likeness (QED) is 0.111. The molecule has 10 rings (SSSR count). The van der Waals surface area contributed by atoms with Crippen LogP contribution in [0.4, 0.5) is 5.69 Å². The van der Waals surface area contributed by atoms with Crippen molar-refractivity contribution >= 4 is 22.4 Å². The molecule has 1 aliphatic heterocycles. The van der Waals surface area contributed by atoms with Crippen molar-refractivity contribution in [3.8, 4) is 45.3 Å². The SMILES string of the molecule is C=CCCC(=C)c1ccc(-c2ccc3c(c2)Oc2cc4c(cc2O3)C2c3ccccc3-c3ccccc3C2C2=C4C=CCC2)cc1NC(=C)/C=C(\C=C)c1ccccc1. The predicted molar refractivity (Wildman–Crippen MR) is 246 cm³/mol. The standard InChI is InChI=1S/C56H45NO2/c1-5-7-17-35(3)41-28-26-39(31-50(41)57-36(4)30-37(6-2)38-18-9-8-10-19-38)40-27-29-51-52(32-40)59-53-33-48-44-22-13-16-25-47(44)55-45-23-14-11-20-42(45)43-21-12-15-24-46(43)56(55)49(48)34-54(53)58-51/h5-6,8-15,18-24,26-34,55-57H,1-4,7,16-17,25H2/b37-30+. The Bertz CT molecular complexity index is 2830. The van der Waals surface area contributed by atoms with Gasteiger partial charge in [0.2, 0.25) is 0 Å². The normalized spacial score (nSPS) is 16.6. The van der Waals surface area contributed by atoms with Gasteiger partial charge in [0.1, 0.15) is 0 Å². The third-order valence-electron chi connectivity index (χ3n) is 12.3. The molecule has 1 N–H and O–H groups in total. The maximum atomic E-state index is 6.80. The van der Waals surface area contributed by atoms with Gasteiger partial charge in [-0.1, -0.05) is 147 Å². The van der Waals surface area contributed by atoms with Crippen molar-refractivity contribution in [3.05, 3.63) is 229 Å². The van der Waals surface area contributed by atoms with E-state index in [0.717, 1.165) is 82.0 Å². The van der Waals surface area contributed by atoms with Gasteiger partial charge < -0.3 is 14.8 Å². The van der Waals surface area contributed by atoms with E-state index in [-0.39, 0.29) is 11.8 Å². The first kappa shape index (κ1) is 36.3. The molecule has 0 saturated heterocycles. The number of hydrogen-bond acceptors (Lipinski definition) is 3. The fourth-order valence-corrected chi connectivity index (χ4v) is 9.54. The Morgan fingerprint density at radius 1 is 0.661 bits per heavy atom. The van der Waals surface area contributed by atoms with Crippen molar-refractivity contribution in [1.29, 1.82) is 0 Å². The van der Waals surface area contributed by atoms with E-state index in [2.05, 4.69) is 147 Å². The van der Waals surface area contributed by atoms with Gasteiger partial charge in [0.15, 0.2) is 23.0 Å². The number of hydrogen-bond donors (Lipinski definition) is 1. The molecule has 4 aliphatic rings. The molecule has 0 amide bonds. The van der Waals surface area contributed by atoms with Gasteiger partial charge in [0.05, 0.1) is 0 Å². The van der Waals surface area contributed by atoms with Crippen molar-refractivity contribution in [1.82, 2.24) is 0 Å². The van der Waals surface area contributed by atoms with Gasteiger partial charge in [0, 0.05) is 28.8 Å². The second-order valence-corrected chi connectivity index (χ2v) is 15.8. The molecule has 1 heterocycles. The minimum atomic E-state index is 0.186. The third-order valence-corrected chi connectivity index (χ3v) is 12.3. The van der Waals surface area contributed by atoms with Crippen LogP contribution in [0.5, 0.6) is 23.0 Å². The molecule has 3 aliphatic carbocycles. The maximum Gasteiger partial charge on any atom is 0.170 e. The van der Waals surface area contributed by atoms with E-state index < -0.39 is 0 Å². The van der Waals surface area contributed by atoms with E-state index in [9.17, 15) is 0 Å². The molecular weight excluding hydrogens is 719 g/mol. The highest BCUT2D eigenvalue weighted by Gasteiger charge is 2.43. The lowest BCUT2D eigenvalue weighted by Gasteiger charge is -2.43. The summed E-state index contributed by atoms with van der Waals surface area (Å²) >= 11 is 0. The first-order valence-corrected chi connectivity index (χ1v) is 20.5. The van der Waals surface area contributed by atoms with E-state index in [1.165, 1.54) is 44.5 Å². The summed E-state index contributed by atoms with van der Waals surface area (Å²) in [5.41, 5.74) is 18.7. The highest BCUT2D eigenvalue weighted by Crippen LogP contribution is 2.61. The van der Waals surface area contributed by atoms with Gasteiger partial charge in [-0.3, -0.25) is 0 Å². The zero-order valence-corrected chi connectivity index (χ0v) is 33.1. The van der Waals surface area contributed by atoms with E-state index >= 15 is 0 Å². The van der Waals surface area contributed by atoms with Gasteiger partial charge in [-0.05, 0) is 129 Å². The lowest BCUT2D eigenvalue weighted by atomic mass is 9.60. The van der Waals surface area contributed by atoms with Crippen molar-refractivity contribution in [2.75, 3.05) is 5.32 Å². The Labute approximate surface area is 347 Å². The summed E-state index contributed by atoms with van der Waals surface area (Å²) in [7, 11) is 0. The number of rotatable bonds is 10. The van der Waals surface area contributed by atoms with Crippen LogP contribution in [-0.2, 0) is 0 Å². The molecule has 3 nitrogen and oxygen atoms in total. The molecule has 0 bridgehead atoms. The summed E-state index contributed by atoms with van der Waals surface area (Å²) in [6.07, 6.45) is 14.2. The summed E-state index contributed by atoms with van der Waals surface area (Å²) in [6.45, 7) is 16.8. The highest BCUT2D eigenvalue weighted by molar-refractivity contribution is 5.90. The van der Waals surface area contributed by atoms with Crippen LogP contribution in [-0.4, -0.2) is 0 Å². The molecular formula is C56H45NO2. The molecule has 2 atom stereocenters. The number of anilines is 1. The second kappa shape index (κ2) is 15.0. The molecule has 0 radical (unpaired) electrons. The van der Waals surface area contributed by atoms with E-state index in [1.54, 1.807) is 0 Å². The van der Waals surface area contributed by atoms with Crippen LogP contribution in [0.25, 0.3) is 39.0 Å². The van der Waals surface area contributed by atoms with Gasteiger partial charge in [-0.25, -0.2) is 0 Å². The average molecular weight is 764 g/mol. The lowest BCUT2D eigenvalue weighted by Crippen LogP contribution is -2.26. The summed E-state index contributed by atoms with van der Waals surface area (Å²) in [5.74, 6) is 3.33. The zero-order chi connectivity index (χ0) is 40.0. The number of fused-ring (bicyclic) bond motifs is 12. The molecule has 3 heteroatoms. The van der Waals surface area contributed by atoms with Crippen LogP contribution in [0.3, 0.4) is 0 Å². The maximum absolute atomic E-state index is 6.80. The van der Waals surface area contributed by atoms with E-state index in [1.807, 2.05) is 42.5 Å². The van der Waals surface area contributed by atoms with Crippen molar-refractivity contribution in [2.24, 2.45) is 0 Å². The molecule has 0 fully saturated rings. The Morgan fingerprint density at radius 2 is 1.34 bits per heavy atom. The topological polar surface area (TPSA) is 30.5 Å². The first-order chi connectivity index (χ1) is 29.0. The van der Waals surface area contributed by atoms with Crippen LogP contribution in [0.2, 0.25) is 0 Å². The molecule has 2 unspecified atom stereocenters. The van der Waals surface area contributed by atoms with Gasteiger partial charge in [-0.2, -0.15) is 0 Å². The number of nitrogens with one attached hydrogen (secondary N) is 1. The van der Waals surface area contributed by atoms with E-state index in [4.69, 9.17) is 9.47 Å². The predicted octanol–water partition coefficient (Wildman–Crippen LogP) is 15.4. The molecule has 0 spiro atoms. The molecule has 286 valence electrons. The average Bonchev–Trinajstić information content (AvgIpc) is 3.28. The number of ether oxygens (including phenoxy) is 2. The second-order valence-electron chi connectivity index (χ2n) is 15.8. The van der Waals surface area contributed by atoms with Gasteiger partial charge in [-0.15, -0.1) is 6.58 Å². The van der Waals surface area contributed by atoms with E-state index in [0.29, 0.717) is 11.5 Å². The largest absolute Gasteiger partial charge is 0.450 e.